The predicted molar refractivity (Wildman–Crippen MR) is 41.8 cm³/mol. The van der Waals surface area contributed by atoms with Crippen LogP contribution in [0.15, 0.2) is 6.08 Å². The molecule has 0 N–H and O–H groups in total. The van der Waals surface area contributed by atoms with Gasteiger partial charge in [-0.25, -0.2) is 0 Å². The molecule has 0 aromatic heterocycles. The summed E-state index contributed by atoms with van der Waals surface area (Å²) in [6.45, 7) is 1.66. The lowest BCUT2D eigenvalue weighted by molar-refractivity contribution is -0.131. The fourth-order valence-electron chi connectivity index (χ4n) is 2.11. The summed E-state index contributed by atoms with van der Waals surface area (Å²) >= 11 is 0. The van der Waals surface area contributed by atoms with Gasteiger partial charge in [-0.05, 0) is 25.3 Å². The molecule has 1 fully saturated rings. The first-order valence-electron chi connectivity index (χ1n) is 4.14. The molecular formula is C9H12NO. The summed E-state index contributed by atoms with van der Waals surface area (Å²) in [6, 6.07) is 0.828. The zero-order chi connectivity index (χ0) is 7.84. The number of fused-ring (bicyclic) bond motifs is 2. The second-order valence-electron chi connectivity index (χ2n) is 3.30. The Hall–Kier alpha value is -0.790. The highest BCUT2D eigenvalue weighted by molar-refractivity contribution is 5.74. The van der Waals surface area contributed by atoms with Crippen LogP contribution in [0.25, 0.3) is 0 Å². The second kappa shape index (κ2) is 2.36. The summed E-state index contributed by atoms with van der Waals surface area (Å²) in [6.07, 6.45) is 8.50. The Kier molecular flexibility index (Phi) is 1.48. The van der Waals surface area contributed by atoms with Crippen molar-refractivity contribution in [2.24, 2.45) is 0 Å². The molecule has 0 aromatic carbocycles. The number of hydrogen-bond donors (Lipinski definition) is 0. The Morgan fingerprint density at radius 1 is 1.64 bits per heavy atom. The molecule has 2 unspecified atom stereocenters. The third kappa shape index (κ3) is 0.971. The van der Waals surface area contributed by atoms with Gasteiger partial charge in [0, 0.05) is 13.0 Å². The van der Waals surface area contributed by atoms with Crippen molar-refractivity contribution in [3.05, 3.63) is 12.2 Å². The Morgan fingerprint density at radius 2 is 2.45 bits per heavy atom. The predicted octanol–water partition coefficient (Wildman–Crippen LogP) is 1.13. The minimum Gasteiger partial charge on any atom is -0.333 e. The maximum absolute atomic E-state index is 11.1. The summed E-state index contributed by atoms with van der Waals surface area (Å²) in [5, 5.41) is 0. The van der Waals surface area contributed by atoms with E-state index in [1.165, 1.54) is 0 Å². The summed E-state index contributed by atoms with van der Waals surface area (Å²) in [4.78, 5) is 13.1. The summed E-state index contributed by atoms with van der Waals surface area (Å²) in [7, 11) is 0. The SMILES string of the molecule is CC(=O)N1C2C=[C]CC1CC2. The van der Waals surface area contributed by atoms with Gasteiger partial charge in [-0.2, -0.15) is 0 Å². The summed E-state index contributed by atoms with van der Waals surface area (Å²) in [5.41, 5.74) is 0. The van der Waals surface area contributed by atoms with Gasteiger partial charge in [0.05, 0.1) is 6.04 Å². The van der Waals surface area contributed by atoms with Gasteiger partial charge in [-0.15, -0.1) is 0 Å². The molecule has 2 aliphatic rings. The van der Waals surface area contributed by atoms with Crippen LogP contribution < -0.4 is 0 Å². The van der Waals surface area contributed by atoms with Gasteiger partial charge >= 0.3 is 0 Å². The first-order chi connectivity index (χ1) is 5.29. The number of nitrogens with zero attached hydrogens (tertiary/aromatic N) is 1. The van der Waals surface area contributed by atoms with Gasteiger partial charge in [-0.3, -0.25) is 4.79 Å². The van der Waals surface area contributed by atoms with Crippen LogP contribution in [0.1, 0.15) is 26.2 Å². The van der Waals surface area contributed by atoms with Crippen molar-refractivity contribution in [1.82, 2.24) is 4.90 Å². The Morgan fingerprint density at radius 3 is 3.00 bits per heavy atom. The zero-order valence-corrected chi connectivity index (χ0v) is 6.71. The van der Waals surface area contributed by atoms with Crippen molar-refractivity contribution in [2.45, 2.75) is 38.3 Å². The van der Waals surface area contributed by atoms with Gasteiger partial charge < -0.3 is 4.90 Å². The van der Waals surface area contributed by atoms with E-state index in [-0.39, 0.29) is 5.91 Å². The number of amides is 1. The van der Waals surface area contributed by atoms with Crippen molar-refractivity contribution in [2.75, 3.05) is 0 Å². The molecule has 1 radical (unpaired) electrons. The van der Waals surface area contributed by atoms with Crippen LogP contribution >= 0.6 is 0 Å². The first kappa shape index (κ1) is 6.89. The monoisotopic (exact) mass is 150 g/mol. The molecule has 2 aliphatic heterocycles. The highest BCUT2D eigenvalue weighted by Crippen LogP contribution is 2.30. The van der Waals surface area contributed by atoms with Crippen LogP contribution in [-0.4, -0.2) is 22.9 Å². The summed E-state index contributed by atoms with van der Waals surface area (Å²) < 4.78 is 0. The van der Waals surface area contributed by atoms with Crippen LogP contribution in [0.4, 0.5) is 0 Å². The maximum atomic E-state index is 11.1. The summed E-state index contributed by atoms with van der Waals surface area (Å²) in [5.74, 6) is 0.218. The molecule has 0 aliphatic carbocycles. The Bertz CT molecular complexity index is 210. The minimum atomic E-state index is 0.218. The molecule has 0 aromatic rings. The normalized spacial score (nSPS) is 34.5. The fourth-order valence-corrected chi connectivity index (χ4v) is 2.11. The highest BCUT2D eigenvalue weighted by atomic mass is 16.2. The molecule has 2 nitrogen and oxygen atoms in total. The van der Waals surface area contributed by atoms with E-state index in [1.54, 1.807) is 6.92 Å². The fraction of sp³-hybridized carbons (Fsp3) is 0.667. The third-order valence-corrected chi connectivity index (χ3v) is 2.57. The van der Waals surface area contributed by atoms with Crippen molar-refractivity contribution >= 4 is 5.91 Å². The molecule has 2 bridgehead atoms. The molecule has 2 rings (SSSR count). The Labute approximate surface area is 66.9 Å². The van der Waals surface area contributed by atoms with E-state index in [2.05, 4.69) is 6.08 Å². The maximum Gasteiger partial charge on any atom is 0.220 e. The van der Waals surface area contributed by atoms with E-state index in [4.69, 9.17) is 0 Å². The smallest absolute Gasteiger partial charge is 0.220 e. The average Bonchev–Trinajstić information content (AvgIpc) is 2.23. The number of rotatable bonds is 0. The second-order valence-corrected chi connectivity index (χ2v) is 3.30. The first-order valence-corrected chi connectivity index (χ1v) is 4.14. The van der Waals surface area contributed by atoms with E-state index in [0.29, 0.717) is 12.1 Å². The lowest BCUT2D eigenvalue weighted by atomic mass is 10.1. The Balaban J connectivity index is 2.23. The van der Waals surface area contributed by atoms with Crippen LogP contribution in [0.3, 0.4) is 0 Å². The molecule has 11 heavy (non-hydrogen) atoms. The van der Waals surface area contributed by atoms with E-state index in [9.17, 15) is 4.79 Å². The molecule has 1 amide bonds. The van der Waals surface area contributed by atoms with Crippen LogP contribution in [0.5, 0.6) is 0 Å². The zero-order valence-electron chi connectivity index (χ0n) is 6.71. The van der Waals surface area contributed by atoms with Crippen molar-refractivity contribution in [3.8, 4) is 0 Å². The van der Waals surface area contributed by atoms with Gasteiger partial charge in [0.25, 0.3) is 0 Å². The van der Waals surface area contributed by atoms with Crippen LogP contribution in [0, 0.1) is 6.08 Å². The average molecular weight is 150 g/mol. The van der Waals surface area contributed by atoms with Crippen LogP contribution in [0.2, 0.25) is 0 Å². The number of carbonyl (C=O) groups is 1. The molecule has 2 heterocycles. The van der Waals surface area contributed by atoms with Gasteiger partial charge in [0.2, 0.25) is 5.91 Å². The largest absolute Gasteiger partial charge is 0.333 e. The van der Waals surface area contributed by atoms with Gasteiger partial charge in [0.15, 0.2) is 0 Å². The minimum absolute atomic E-state index is 0.218. The lowest BCUT2D eigenvalue weighted by Crippen LogP contribution is -2.40. The standard InChI is InChI=1S/C9H12NO/c1-7(11)10-8-3-2-4-9(10)6-5-8/h3,8-9H,4-6H2,1H3. The molecule has 59 valence electrons. The van der Waals surface area contributed by atoms with Crippen LogP contribution in [-0.2, 0) is 4.79 Å². The molecule has 0 saturated carbocycles. The topological polar surface area (TPSA) is 20.3 Å². The lowest BCUT2D eigenvalue weighted by Gasteiger charge is -2.29. The van der Waals surface area contributed by atoms with Crippen molar-refractivity contribution < 1.29 is 4.79 Å². The highest BCUT2D eigenvalue weighted by Gasteiger charge is 2.35. The van der Waals surface area contributed by atoms with Crippen molar-refractivity contribution in [3.63, 3.8) is 0 Å². The molecule has 1 saturated heterocycles. The van der Waals surface area contributed by atoms with E-state index < -0.39 is 0 Å². The molecule has 0 spiro atoms. The molecule has 2 atom stereocenters. The van der Waals surface area contributed by atoms with Crippen molar-refractivity contribution in [1.29, 1.82) is 0 Å². The quantitative estimate of drug-likeness (QED) is 0.507. The van der Waals surface area contributed by atoms with Gasteiger partial charge in [-0.1, -0.05) is 6.08 Å². The molecular weight excluding hydrogens is 138 g/mol. The van der Waals surface area contributed by atoms with Gasteiger partial charge in [0.1, 0.15) is 0 Å². The number of carbonyl (C=O) groups excluding carboxylic acids is 1. The number of hydrogen-bond acceptors (Lipinski definition) is 1. The van der Waals surface area contributed by atoms with E-state index in [0.717, 1.165) is 19.3 Å². The molecule has 2 heteroatoms. The van der Waals surface area contributed by atoms with E-state index >= 15 is 0 Å². The third-order valence-electron chi connectivity index (χ3n) is 2.57. The van der Waals surface area contributed by atoms with E-state index in [1.807, 2.05) is 11.0 Å².